The van der Waals surface area contributed by atoms with Gasteiger partial charge in [0.2, 0.25) is 10.0 Å². The number of hydrogen-bond donors (Lipinski definition) is 1. The molecular formula is C19H21NO4S. The minimum Gasteiger partial charge on any atom is -0.481 e. The molecule has 0 aliphatic carbocycles. The second-order valence-electron chi connectivity index (χ2n) is 6.40. The van der Waals surface area contributed by atoms with Gasteiger partial charge in [-0.1, -0.05) is 48.0 Å². The van der Waals surface area contributed by atoms with Crippen molar-refractivity contribution in [3.63, 3.8) is 0 Å². The molecule has 1 fully saturated rings. The molecule has 2 atom stereocenters. The maximum atomic E-state index is 13.3. The van der Waals surface area contributed by atoms with E-state index >= 15 is 0 Å². The standard InChI is InChI=1S/C19H21NO4S/c1-14-7-10-17(11-8-14)25(23,24)20-16(13-19(21)22)9-12-18(20)15-5-3-2-4-6-15/h2-8,10-11,16,18H,9,12-13H2,1H3,(H,21,22)/t16-,18+/m0/s1. The van der Waals surface area contributed by atoms with E-state index in [0.29, 0.717) is 12.8 Å². The second kappa shape index (κ2) is 6.98. The van der Waals surface area contributed by atoms with Crippen molar-refractivity contribution in [3.8, 4) is 0 Å². The van der Waals surface area contributed by atoms with Gasteiger partial charge in [0.05, 0.1) is 17.4 Å². The zero-order valence-corrected chi connectivity index (χ0v) is 14.8. The molecule has 6 heteroatoms. The molecule has 1 saturated heterocycles. The molecular weight excluding hydrogens is 338 g/mol. The van der Waals surface area contributed by atoms with Crippen LogP contribution in [0.1, 0.15) is 36.4 Å². The van der Waals surface area contributed by atoms with E-state index in [2.05, 4.69) is 0 Å². The van der Waals surface area contributed by atoms with Crippen molar-refractivity contribution >= 4 is 16.0 Å². The Bertz CT molecular complexity index is 847. The lowest BCUT2D eigenvalue weighted by Crippen LogP contribution is -2.38. The van der Waals surface area contributed by atoms with Crippen molar-refractivity contribution in [3.05, 3.63) is 65.7 Å². The van der Waals surface area contributed by atoms with Gasteiger partial charge >= 0.3 is 5.97 Å². The van der Waals surface area contributed by atoms with Gasteiger partial charge in [0, 0.05) is 6.04 Å². The minimum atomic E-state index is -3.78. The average molecular weight is 359 g/mol. The van der Waals surface area contributed by atoms with E-state index in [0.717, 1.165) is 11.1 Å². The Balaban J connectivity index is 2.04. The predicted molar refractivity (Wildman–Crippen MR) is 94.7 cm³/mol. The first-order chi connectivity index (χ1) is 11.9. The molecule has 0 radical (unpaired) electrons. The van der Waals surface area contributed by atoms with E-state index in [4.69, 9.17) is 0 Å². The van der Waals surface area contributed by atoms with Gasteiger partial charge in [-0.3, -0.25) is 4.79 Å². The number of hydrogen-bond acceptors (Lipinski definition) is 3. The highest BCUT2D eigenvalue weighted by Gasteiger charge is 2.43. The van der Waals surface area contributed by atoms with Crippen molar-refractivity contribution in [2.45, 2.75) is 43.2 Å². The Kier molecular flexibility index (Phi) is 4.92. The van der Waals surface area contributed by atoms with Crippen LogP contribution >= 0.6 is 0 Å². The topological polar surface area (TPSA) is 74.7 Å². The van der Waals surface area contributed by atoms with Gasteiger partial charge in [-0.05, 0) is 37.5 Å². The molecule has 3 rings (SSSR count). The van der Waals surface area contributed by atoms with E-state index in [-0.39, 0.29) is 17.4 Å². The average Bonchev–Trinajstić information content (AvgIpc) is 2.99. The smallest absolute Gasteiger partial charge is 0.304 e. The normalized spacial score (nSPS) is 21.3. The lowest BCUT2D eigenvalue weighted by molar-refractivity contribution is -0.137. The summed E-state index contributed by atoms with van der Waals surface area (Å²) in [5, 5.41) is 9.20. The first kappa shape index (κ1) is 17.6. The summed E-state index contributed by atoms with van der Waals surface area (Å²) in [5.41, 5.74) is 1.87. The molecule has 1 N–H and O–H groups in total. The fourth-order valence-electron chi connectivity index (χ4n) is 3.44. The van der Waals surface area contributed by atoms with E-state index in [9.17, 15) is 18.3 Å². The molecule has 1 aliphatic heterocycles. The summed E-state index contributed by atoms with van der Waals surface area (Å²) in [6, 6.07) is 15.2. The highest BCUT2D eigenvalue weighted by Crippen LogP contribution is 2.41. The number of sulfonamides is 1. The van der Waals surface area contributed by atoms with Crippen LogP contribution in [-0.4, -0.2) is 29.8 Å². The number of carbonyl (C=O) groups is 1. The fraction of sp³-hybridized carbons (Fsp3) is 0.316. The van der Waals surface area contributed by atoms with Crippen LogP contribution in [0.3, 0.4) is 0 Å². The molecule has 0 bridgehead atoms. The summed E-state index contributed by atoms with van der Waals surface area (Å²) in [6.45, 7) is 1.90. The monoisotopic (exact) mass is 359 g/mol. The Morgan fingerprint density at radius 3 is 2.32 bits per heavy atom. The van der Waals surface area contributed by atoms with Crippen LogP contribution in [0.25, 0.3) is 0 Å². The van der Waals surface area contributed by atoms with Gasteiger partial charge < -0.3 is 5.11 Å². The van der Waals surface area contributed by atoms with E-state index in [1.165, 1.54) is 4.31 Å². The predicted octanol–water partition coefficient (Wildman–Crippen LogP) is 3.36. The molecule has 1 aliphatic rings. The first-order valence-corrected chi connectivity index (χ1v) is 9.70. The van der Waals surface area contributed by atoms with Crippen molar-refractivity contribution in [1.29, 1.82) is 0 Å². The van der Waals surface area contributed by atoms with Crippen LogP contribution in [0.4, 0.5) is 0 Å². The summed E-state index contributed by atoms with van der Waals surface area (Å²) in [5.74, 6) is -0.984. The number of aryl methyl sites for hydroxylation is 1. The van der Waals surface area contributed by atoms with Gasteiger partial charge in [0.1, 0.15) is 0 Å². The molecule has 0 spiro atoms. The summed E-state index contributed by atoms with van der Waals surface area (Å²) in [4.78, 5) is 11.4. The second-order valence-corrected chi connectivity index (χ2v) is 8.25. The van der Waals surface area contributed by atoms with Gasteiger partial charge in [-0.2, -0.15) is 4.31 Å². The molecule has 1 heterocycles. The SMILES string of the molecule is Cc1ccc(S(=O)(=O)N2[C@H](CC(=O)O)CC[C@@H]2c2ccccc2)cc1. The molecule has 5 nitrogen and oxygen atoms in total. The molecule has 0 saturated carbocycles. The van der Waals surface area contributed by atoms with Crippen LogP contribution < -0.4 is 0 Å². The molecule has 0 aromatic heterocycles. The van der Waals surface area contributed by atoms with Crippen LogP contribution in [0.15, 0.2) is 59.5 Å². The third-order valence-electron chi connectivity index (χ3n) is 4.63. The maximum Gasteiger partial charge on any atom is 0.304 e. The molecule has 132 valence electrons. The number of aliphatic carboxylic acids is 1. The third-order valence-corrected chi connectivity index (χ3v) is 6.61. The number of nitrogens with zero attached hydrogens (tertiary/aromatic N) is 1. The quantitative estimate of drug-likeness (QED) is 0.888. The van der Waals surface area contributed by atoms with E-state index < -0.39 is 22.0 Å². The molecule has 25 heavy (non-hydrogen) atoms. The Morgan fingerprint density at radius 1 is 1.08 bits per heavy atom. The third kappa shape index (κ3) is 3.60. The van der Waals surface area contributed by atoms with Gasteiger partial charge in [-0.15, -0.1) is 0 Å². The van der Waals surface area contributed by atoms with Crippen LogP contribution in [-0.2, 0) is 14.8 Å². The van der Waals surface area contributed by atoms with Crippen LogP contribution in [0.2, 0.25) is 0 Å². The first-order valence-electron chi connectivity index (χ1n) is 8.26. The number of rotatable bonds is 5. The number of benzene rings is 2. The minimum absolute atomic E-state index is 0.186. The fourth-order valence-corrected chi connectivity index (χ4v) is 5.30. The summed E-state index contributed by atoms with van der Waals surface area (Å²) in [6.07, 6.45) is 0.971. The molecule has 0 unspecified atom stereocenters. The maximum absolute atomic E-state index is 13.3. The summed E-state index contributed by atoms with van der Waals surface area (Å²) in [7, 11) is -3.78. The molecule has 2 aromatic carbocycles. The number of carboxylic acids is 1. The highest BCUT2D eigenvalue weighted by atomic mass is 32.2. The van der Waals surface area contributed by atoms with Crippen molar-refractivity contribution < 1.29 is 18.3 Å². The Hall–Kier alpha value is -2.18. The molecule has 0 amide bonds. The highest BCUT2D eigenvalue weighted by molar-refractivity contribution is 7.89. The van der Waals surface area contributed by atoms with Crippen LogP contribution in [0, 0.1) is 6.92 Å². The lowest BCUT2D eigenvalue weighted by Gasteiger charge is -2.29. The van der Waals surface area contributed by atoms with Crippen LogP contribution in [0.5, 0.6) is 0 Å². The summed E-state index contributed by atoms with van der Waals surface area (Å²) >= 11 is 0. The number of carboxylic acid groups (broad SMARTS) is 1. The zero-order valence-electron chi connectivity index (χ0n) is 14.0. The van der Waals surface area contributed by atoms with Gasteiger partial charge in [-0.25, -0.2) is 8.42 Å². The van der Waals surface area contributed by atoms with Crippen molar-refractivity contribution in [1.82, 2.24) is 4.31 Å². The largest absolute Gasteiger partial charge is 0.481 e. The van der Waals surface area contributed by atoms with Gasteiger partial charge in [0.25, 0.3) is 0 Å². The molecule has 2 aromatic rings. The van der Waals surface area contributed by atoms with E-state index in [1.807, 2.05) is 37.3 Å². The van der Waals surface area contributed by atoms with E-state index in [1.54, 1.807) is 24.3 Å². The lowest BCUT2D eigenvalue weighted by atomic mass is 10.1. The zero-order chi connectivity index (χ0) is 18.0. The van der Waals surface area contributed by atoms with Gasteiger partial charge in [0.15, 0.2) is 0 Å². The Labute approximate surface area is 148 Å². The Morgan fingerprint density at radius 2 is 1.72 bits per heavy atom. The van der Waals surface area contributed by atoms with Crippen molar-refractivity contribution in [2.75, 3.05) is 0 Å². The summed E-state index contributed by atoms with van der Waals surface area (Å²) < 4.78 is 27.9. The van der Waals surface area contributed by atoms with Crippen molar-refractivity contribution in [2.24, 2.45) is 0 Å².